The van der Waals surface area contributed by atoms with Crippen LogP contribution in [0.3, 0.4) is 0 Å². The van der Waals surface area contributed by atoms with Crippen LogP contribution in [0.1, 0.15) is 22.8 Å². The molecule has 0 aliphatic heterocycles. The summed E-state index contributed by atoms with van der Waals surface area (Å²) in [6, 6.07) is 20.8. The van der Waals surface area contributed by atoms with E-state index in [1.807, 2.05) is 67.6 Å². The zero-order valence-corrected chi connectivity index (χ0v) is 14.3. The molecule has 0 fully saturated rings. The largest absolute Gasteiger partial charge is 0.387 e. The Morgan fingerprint density at radius 3 is 2.29 bits per heavy atom. The molecular weight excluding hydrogens is 320 g/mol. The van der Waals surface area contributed by atoms with Crippen molar-refractivity contribution in [3.8, 4) is 0 Å². The molecule has 1 unspecified atom stereocenters. The lowest BCUT2D eigenvalue weighted by molar-refractivity contribution is 0.202. The minimum absolute atomic E-state index is 0.0576. The van der Waals surface area contributed by atoms with E-state index in [0.717, 1.165) is 21.9 Å². The Hall–Kier alpha value is -2.17. The number of sulfone groups is 1. The zero-order valence-electron chi connectivity index (χ0n) is 13.5. The van der Waals surface area contributed by atoms with Crippen molar-refractivity contribution in [2.24, 2.45) is 0 Å². The van der Waals surface area contributed by atoms with Crippen LogP contribution < -0.4 is 0 Å². The molecule has 0 aliphatic rings. The summed E-state index contributed by atoms with van der Waals surface area (Å²) >= 11 is 0. The molecule has 4 heteroatoms. The van der Waals surface area contributed by atoms with Gasteiger partial charge in [0.15, 0.2) is 9.84 Å². The Morgan fingerprint density at radius 1 is 0.917 bits per heavy atom. The lowest BCUT2D eigenvalue weighted by Gasteiger charge is -2.13. The molecule has 0 spiro atoms. The van der Waals surface area contributed by atoms with Crippen LogP contribution in [-0.2, 0) is 15.6 Å². The summed E-state index contributed by atoms with van der Waals surface area (Å²) < 4.78 is 24.7. The highest BCUT2D eigenvalue weighted by Crippen LogP contribution is 2.22. The van der Waals surface area contributed by atoms with Gasteiger partial charge in [-0.05, 0) is 34.9 Å². The third kappa shape index (κ3) is 4.02. The van der Waals surface area contributed by atoms with E-state index in [9.17, 15) is 13.5 Å². The zero-order chi connectivity index (χ0) is 17.2. The van der Waals surface area contributed by atoms with Crippen LogP contribution in [-0.4, -0.2) is 19.3 Å². The number of fused-ring (bicyclic) bond motifs is 1. The highest BCUT2D eigenvalue weighted by Gasteiger charge is 2.19. The van der Waals surface area contributed by atoms with Crippen molar-refractivity contribution in [1.82, 2.24) is 0 Å². The molecule has 1 atom stereocenters. The average Bonchev–Trinajstić information content (AvgIpc) is 2.56. The van der Waals surface area contributed by atoms with E-state index in [-0.39, 0.29) is 11.5 Å². The van der Waals surface area contributed by atoms with E-state index < -0.39 is 15.9 Å². The molecule has 0 saturated carbocycles. The monoisotopic (exact) mass is 340 g/mol. The van der Waals surface area contributed by atoms with Crippen LogP contribution in [0.4, 0.5) is 0 Å². The van der Waals surface area contributed by atoms with Gasteiger partial charge in [0.05, 0.1) is 17.6 Å². The fourth-order valence-electron chi connectivity index (χ4n) is 2.75. The van der Waals surface area contributed by atoms with Crippen molar-refractivity contribution in [2.45, 2.75) is 18.8 Å². The Balaban J connectivity index is 1.76. The van der Waals surface area contributed by atoms with Crippen molar-refractivity contribution in [3.05, 3.63) is 83.4 Å². The molecule has 3 nitrogen and oxygen atoms in total. The molecule has 0 radical (unpaired) electrons. The van der Waals surface area contributed by atoms with Gasteiger partial charge in [-0.25, -0.2) is 8.42 Å². The first-order valence-corrected chi connectivity index (χ1v) is 9.68. The molecule has 0 aromatic heterocycles. The minimum atomic E-state index is -3.40. The highest BCUT2D eigenvalue weighted by atomic mass is 32.2. The number of aliphatic hydroxyl groups is 1. The summed E-state index contributed by atoms with van der Waals surface area (Å²) in [7, 11) is -3.40. The lowest BCUT2D eigenvalue weighted by Crippen LogP contribution is -2.16. The second-order valence-corrected chi connectivity index (χ2v) is 8.27. The van der Waals surface area contributed by atoms with E-state index in [1.165, 1.54) is 0 Å². The van der Waals surface area contributed by atoms with Crippen LogP contribution in [0.25, 0.3) is 10.8 Å². The maximum Gasteiger partial charge on any atom is 0.157 e. The fourth-order valence-corrected chi connectivity index (χ4v) is 4.24. The molecule has 1 N–H and O–H groups in total. The Kier molecular flexibility index (Phi) is 4.69. The predicted octanol–water partition coefficient (Wildman–Crippen LogP) is 3.80. The van der Waals surface area contributed by atoms with Crippen molar-refractivity contribution >= 4 is 20.6 Å². The number of hydrogen-bond acceptors (Lipinski definition) is 3. The number of rotatable bonds is 5. The van der Waals surface area contributed by atoms with Gasteiger partial charge in [0, 0.05) is 0 Å². The predicted molar refractivity (Wildman–Crippen MR) is 97.6 cm³/mol. The van der Waals surface area contributed by atoms with Crippen LogP contribution in [0.2, 0.25) is 0 Å². The molecule has 124 valence electrons. The number of benzene rings is 3. The van der Waals surface area contributed by atoms with E-state index in [1.54, 1.807) is 6.07 Å². The van der Waals surface area contributed by atoms with Crippen LogP contribution in [0, 0.1) is 6.92 Å². The molecule has 24 heavy (non-hydrogen) atoms. The van der Waals surface area contributed by atoms with Gasteiger partial charge in [-0.1, -0.05) is 66.2 Å². The minimum Gasteiger partial charge on any atom is -0.387 e. The summed E-state index contributed by atoms with van der Waals surface area (Å²) in [5.41, 5.74) is 2.46. The standard InChI is InChI=1S/C20H20O3S/c1-15-6-8-16(9-7-15)13-24(22,23)14-20(21)19-11-10-17-4-2-3-5-18(17)12-19/h2-12,20-21H,13-14H2,1H3. The lowest BCUT2D eigenvalue weighted by atomic mass is 10.0. The van der Waals surface area contributed by atoms with Crippen LogP contribution in [0.15, 0.2) is 66.7 Å². The Morgan fingerprint density at radius 2 is 1.58 bits per heavy atom. The third-order valence-corrected chi connectivity index (χ3v) is 5.67. The van der Waals surface area contributed by atoms with Crippen molar-refractivity contribution < 1.29 is 13.5 Å². The third-order valence-electron chi connectivity index (χ3n) is 4.08. The van der Waals surface area contributed by atoms with Gasteiger partial charge in [-0.15, -0.1) is 0 Å². The highest BCUT2D eigenvalue weighted by molar-refractivity contribution is 7.90. The van der Waals surface area contributed by atoms with Crippen molar-refractivity contribution in [3.63, 3.8) is 0 Å². The first-order valence-electron chi connectivity index (χ1n) is 7.86. The van der Waals surface area contributed by atoms with Crippen molar-refractivity contribution in [2.75, 3.05) is 5.75 Å². The van der Waals surface area contributed by atoms with Gasteiger partial charge in [-0.3, -0.25) is 0 Å². The first-order chi connectivity index (χ1) is 11.4. The smallest absolute Gasteiger partial charge is 0.157 e. The second-order valence-electron chi connectivity index (χ2n) is 6.16. The maximum atomic E-state index is 12.4. The summed E-state index contributed by atoms with van der Waals surface area (Å²) in [5, 5.41) is 12.4. The van der Waals surface area contributed by atoms with Crippen LogP contribution in [0.5, 0.6) is 0 Å². The summed E-state index contributed by atoms with van der Waals surface area (Å²) in [6.07, 6.45) is -1.02. The fraction of sp³-hybridized carbons (Fsp3) is 0.200. The van der Waals surface area contributed by atoms with Gasteiger partial charge in [0.1, 0.15) is 0 Å². The molecule has 0 heterocycles. The second kappa shape index (κ2) is 6.75. The van der Waals surface area contributed by atoms with Gasteiger partial charge < -0.3 is 5.11 Å². The quantitative estimate of drug-likeness (QED) is 0.769. The Bertz CT molecular complexity index is 944. The molecule has 3 rings (SSSR count). The van der Waals surface area contributed by atoms with Gasteiger partial charge >= 0.3 is 0 Å². The molecule has 3 aromatic carbocycles. The number of aliphatic hydroxyl groups excluding tert-OH is 1. The average molecular weight is 340 g/mol. The van der Waals surface area contributed by atoms with Crippen LogP contribution >= 0.6 is 0 Å². The normalized spacial score (nSPS) is 13.1. The van der Waals surface area contributed by atoms with E-state index >= 15 is 0 Å². The number of aryl methyl sites for hydroxylation is 1. The molecule has 3 aromatic rings. The molecular formula is C20H20O3S. The van der Waals surface area contributed by atoms with Gasteiger partial charge in [0.2, 0.25) is 0 Å². The summed E-state index contributed by atoms with van der Waals surface area (Å²) in [6.45, 7) is 1.96. The first kappa shape index (κ1) is 16.7. The number of hydrogen-bond donors (Lipinski definition) is 1. The van der Waals surface area contributed by atoms with Gasteiger partial charge in [0.25, 0.3) is 0 Å². The summed E-state index contributed by atoms with van der Waals surface area (Å²) in [5.74, 6) is -0.336. The molecule has 0 bridgehead atoms. The SMILES string of the molecule is Cc1ccc(CS(=O)(=O)CC(O)c2ccc3ccccc3c2)cc1. The maximum absolute atomic E-state index is 12.4. The molecule has 0 aliphatic carbocycles. The van der Waals surface area contributed by atoms with Gasteiger partial charge in [-0.2, -0.15) is 0 Å². The Labute approximate surface area is 142 Å². The van der Waals surface area contributed by atoms with E-state index in [0.29, 0.717) is 5.56 Å². The molecule has 0 saturated heterocycles. The topological polar surface area (TPSA) is 54.4 Å². The van der Waals surface area contributed by atoms with E-state index in [2.05, 4.69) is 0 Å². The molecule has 0 amide bonds. The van der Waals surface area contributed by atoms with E-state index in [4.69, 9.17) is 0 Å². The summed E-state index contributed by atoms with van der Waals surface area (Å²) in [4.78, 5) is 0. The van der Waals surface area contributed by atoms with Crippen molar-refractivity contribution in [1.29, 1.82) is 0 Å².